The summed E-state index contributed by atoms with van der Waals surface area (Å²) in [5, 5.41) is 12.1. The largest absolute Gasteiger partial charge is 0.392 e. The molecule has 0 radical (unpaired) electrons. The normalized spacial score (nSPS) is 19.5. The molecule has 0 aromatic heterocycles. The highest BCUT2D eigenvalue weighted by molar-refractivity contribution is 5.83. The lowest BCUT2D eigenvalue weighted by Gasteiger charge is -2.39. The quantitative estimate of drug-likeness (QED) is 0.189. The summed E-state index contributed by atoms with van der Waals surface area (Å²) in [5.41, 5.74) is 13.6. The third-order valence-electron chi connectivity index (χ3n) is 8.75. The minimum Gasteiger partial charge on any atom is -0.392 e. The zero-order chi connectivity index (χ0) is 29.8. The second kappa shape index (κ2) is 13.2. The third-order valence-corrected chi connectivity index (χ3v) is 8.75. The molecule has 220 valence electrons. The molecule has 3 N–H and O–H groups in total. The summed E-state index contributed by atoms with van der Waals surface area (Å²) >= 11 is 0. The van der Waals surface area contributed by atoms with Gasteiger partial charge in [0.05, 0.1) is 18.8 Å². The molecule has 0 bridgehead atoms. The molecule has 0 unspecified atom stereocenters. The van der Waals surface area contributed by atoms with Crippen molar-refractivity contribution in [3.05, 3.63) is 143 Å². The van der Waals surface area contributed by atoms with Crippen molar-refractivity contribution in [3.8, 4) is 11.1 Å². The molecule has 5 heteroatoms. The molecule has 5 aromatic carbocycles. The van der Waals surface area contributed by atoms with Crippen molar-refractivity contribution in [2.45, 2.75) is 51.0 Å². The summed E-state index contributed by atoms with van der Waals surface area (Å²) in [6, 6.07) is 40.2. The molecule has 6 rings (SSSR count). The molecule has 5 aromatic rings. The van der Waals surface area contributed by atoms with E-state index in [9.17, 15) is 5.11 Å². The number of nitrogens with zero attached hydrogens (tertiary/aromatic N) is 1. The van der Waals surface area contributed by atoms with Gasteiger partial charge in [-0.15, -0.1) is 0 Å². The van der Waals surface area contributed by atoms with Crippen molar-refractivity contribution in [2.75, 3.05) is 13.6 Å². The van der Waals surface area contributed by atoms with Crippen molar-refractivity contribution >= 4 is 10.8 Å². The van der Waals surface area contributed by atoms with E-state index in [4.69, 9.17) is 15.2 Å². The highest BCUT2D eigenvalue weighted by Gasteiger charge is 2.33. The van der Waals surface area contributed by atoms with Crippen LogP contribution in [0.25, 0.3) is 21.9 Å². The summed E-state index contributed by atoms with van der Waals surface area (Å²) < 4.78 is 13.3. The van der Waals surface area contributed by atoms with Gasteiger partial charge in [-0.2, -0.15) is 0 Å². The third kappa shape index (κ3) is 6.57. The summed E-state index contributed by atoms with van der Waals surface area (Å²) in [4.78, 5) is 2.37. The maximum atomic E-state index is 9.55. The van der Waals surface area contributed by atoms with Crippen LogP contribution < -0.4 is 5.73 Å². The van der Waals surface area contributed by atoms with Crippen LogP contribution in [0.2, 0.25) is 0 Å². The molecule has 4 atom stereocenters. The van der Waals surface area contributed by atoms with Gasteiger partial charge in [-0.25, -0.2) is 0 Å². The van der Waals surface area contributed by atoms with Crippen LogP contribution in [0.5, 0.6) is 0 Å². The van der Waals surface area contributed by atoms with Crippen molar-refractivity contribution in [3.63, 3.8) is 0 Å². The van der Waals surface area contributed by atoms with Crippen LogP contribution in [0.1, 0.15) is 59.6 Å². The zero-order valence-electron chi connectivity index (χ0n) is 24.9. The molecule has 1 fully saturated rings. The lowest BCUT2D eigenvalue weighted by atomic mass is 9.97. The molecule has 43 heavy (non-hydrogen) atoms. The van der Waals surface area contributed by atoms with E-state index in [1.807, 2.05) is 24.3 Å². The number of nitrogens with two attached hydrogens (primary N) is 1. The highest BCUT2D eigenvalue weighted by Crippen LogP contribution is 2.39. The Hall–Kier alpha value is -3.84. The minimum absolute atomic E-state index is 0.0251. The Balaban J connectivity index is 1.23. The SMILES string of the molecule is C[C@H](c1ccc2ccccc2c1)N(C)C[C@H]1C[C@@H](c2ccc(CO)cc2)O[C@@H](c2ccc(-c3ccccc3CN)cc2)O1. The zero-order valence-corrected chi connectivity index (χ0v) is 24.9. The molecule has 0 aliphatic carbocycles. The lowest BCUT2D eigenvalue weighted by Crippen LogP contribution is -2.38. The van der Waals surface area contributed by atoms with Crippen molar-refractivity contribution in [2.24, 2.45) is 5.73 Å². The molecule has 1 saturated heterocycles. The molecule has 0 saturated carbocycles. The van der Waals surface area contributed by atoms with Gasteiger partial charge in [0.15, 0.2) is 6.29 Å². The molecule has 0 amide bonds. The Labute approximate surface area is 254 Å². The van der Waals surface area contributed by atoms with Crippen molar-refractivity contribution in [1.29, 1.82) is 0 Å². The first-order chi connectivity index (χ1) is 21.0. The number of fused-ring (bicyclic) bond motifs is 1. The average Bonchev–Trinajstić information content (AvgIpc) is 3.07. The van der Waals surface area contributed by atoms with E-state index >= 15 is 0 Å². The van der Waals surface area contributed by atoms with Crippen molar-refractivity contribution in [1.82, 2.24) is 4.90 Å². The Kier molecular flexibility index (Phi) is 8.98. The molecule has 5 nitrogen and oxygen atoms in total. The molecular formula is C38H40N2O3. The van der Waals surface area contributed by atoms with E-state index in [2.05, 4.69) is 110 Å². The van der Waals surface area contributed by atoms with E-state index in [0.29, 0.717) is 6.54 Å². The second-order valence-electron chi connectivity index (χ2n) is 11.6. The molecule has 1 heterocycles. The van der Waals surface area contributed by atoms with Crippen LogP contribution in [0.3, 0.4) is 0 Å². The first-order valence-electron chi connectivity index (χ1n) is 15.1. The Morgan fingerprint density at radius 1 is 0.814 bits per heavy atom. The number of ether oxygens (including phenoxy) is 2. The van der Waals surface area contributed by atoms with E-state index in [-0.39, 0.29) is 24.9 Å². The van der Waals surface area contributed by atoms with Gasteiger partial charge in [0.25, 0.3) is 0 Å². The first-order valence-corrected chi connectivity index (χ1v) is 15.1. The number of aliphatic hydroxyl groups excluding tert-OH is 1. The Morgan fingerprint density at radius 2 is 1.51 bits per heavy atom. The predicted octanol–water partition coefficient (Wildman–Crippen LogP) is 7.70. The van der Waals surface area contributed by atoms with Gasteiger partial charge >= 0.3 is 0 Å². The first kappa shape index (κ1) is 29.2. The van der Waals surface area contributed by atoms with Crippen LogP contribution in [0.4, 0.5) is 0 Å². The molecule has 1 aliphatic rings. The number of hydrogen-bond donors (Lipinski definition) is 2. The molecular weight excluding hydrogens is 532 g/mol. The van der Waals surface area contributed by atoms with Gasteiger partial charge in [-0.05, 0) is 64.2 Å². The van der Waals surface area contributed by atoms with Crippen LogP contribution in [-0.4, -0.2) is 29.7 Å². The van der Waals surface area contributed by atoms with Gasteiger partial charge in [0, 0.05) is 31.1 Å². The second-order valence-corrected chi connectivity index (χ2v) is 11.6. The van der Waals surface area contributed by atoms with Gasteiger partial charge in [-0.3, -0.25) is 4.90 Å². The van der Waals surface area contributed by atoms with E-state index in [1.54, 1.807) is 0 Å². The van der Waals surface area contributed by atoms with Gasteiger partial charge in [0.2, 0.25) is 0 Å². The topological polar surface area (TPSA) is 68.0 Å². The molecule has 1 aliphatic heterocycles. The number of likely N-dealkylation sites (N-methyl/N-ethyl adjacent to an activating group) is 1. The summed E-state index contributed by atoms with van der Waals surface area (Å²) in [6.07, 6.45) is 0.0842. The Bertz CT molecular complexity index is 1650. The average molecular weight is 573 g/mol. The number of aliphatic hydroxyl groups is 1. The monoisotopic (exact) mass is 572 g/mol. The summed E-state index contributed by atoms with van der Waals surface area (Å²) in [5.74, 6) is 0. The van der Waals surface area contributed by atoms with Crippen LogP contribution in [0, 0.1) is 0 Å². The van der Waals surface area contributed by atoms with Gasteiger partial charge < -0.3 is 20.3 Å². The van der Waals surface area contributed by atoms with Gasteiger partial charge in [0.1, 0.15) is 0 Å². The maximum absolute atomic E-state index is 9.55. The van der Waals surface area contributed by atoms with E-state index in [0.717, 1.165) is 46.3 Å². The van der Waals surface area contributed by atoms with Crippen LogP contribution in [0.15, 0.2) is 115 Å². The maximum Gasteiger partial charge on any atom is 0.184 e. The standard InChI is InChI=1S/C38H40N2O3/c1-26(32-20-15-28-7-3-4-8-33(28)21-32)40(2)24-35-22-37(30-13-11-27(25-41)12-14-30)43-38(42-35)31-18-16-29(17-19-31)36-10-6-5-9-34(36)23-39/h3-21,26,35,37-38,41H,22-25,39H2,1-2H3/t26-,35-,37+,38+/m1/s1. The minimum atomic E-state index is -0.496. The summed E-state index contributed by atoms with van der Waals surface area (Å²) in [6.45, 7) is 3.54. The van der Waals surface area contributed by atoms with Crippen LogP contribution >= 0.6 is 0 Å². The summed E-state index contributed by atoms with van der Waals surface area (Å²) in [7, 11) is 2.17. The van der Waals surface area contributed by atoms with E-state index in [1.165, 1.54) is 16.3 Å². The number of hydrogen-bond acceptors (Lipinski definition) is 5. The number of benzene rings is 5. The smallest absolute Gasteiger partial charge is 0.184 e. The van der Waals surface area contributed by atoms with Crippen LogP contribution in [-0.2, 0) is 22.6 Å². The Morgan fingerprint density at radius 3 is 2.26 bits per heavy atom. The van der Waals surface area contributed by atoms with E-state index < -0.39 is 6.29 Å². The van der Waals surface area contributed by atoms with Gasteiger partial charge in [-0.1, -0.05) is 109 Å². The number of rotatable bonds is 9. The fourth-order valence-corrected chi connectivity index (χ4v) is 6.03. The fraction of sp³-hybridized carbons (Fsp3) is 0.263. The highest BCUT2D eigenvalue weighted by atomic mass is 16.7. The lowest BCUT2D eigenvalue weighted by molar-refractivity contribution is -0.253. The predicted molar refractivity (Wildman–Crippen MR) is 173 cm³/mol. The fourth-order valence-electron chi connectivity index (χ4n) is 6.03. The van der Waals surface area contributed by atoms with Crippen molar-refractivity contribution < 1.29 is 14.6 Å². The molecule has 0 spiro atoms.